The summed E-state index contributed by atoms with van der Waals surface area (Å²) in [7, 11) is 0. The smallest absolute Gasteiger partial charge is 0.352 e. The van der Waals surface area contributed by atoms with Gasteiger partial charge in [0.15, 0.2) is 11.5 Å². The van der Waals surface area contributed by atoms with Crippen LogP contribution in [0.3, 0.4) is 0 Å². The average molecular weight is 838 g/mol. The van der Waals surface area contributed by atoms with Crippen LogP contribution in [0.5, 0.6) is 11.5 Å². The van der Waals surface area contributed by atoms with E-state index >= 15 is 0 Å². The zero-order chi connectivity index (χ0) is 41.6. The number of fused-ring (bicyclic) bond motifs is 3. The Morgan fingerprint density at radius 2 is 1.72 bits per heavy atom. The number of carboxylic acid groups (broad SMARTS) is 1. The number of carbonyl (C=O) groups excluding carboxylic acids is 7. The molecular formula is C38H40ClN7O11S. The number of hydrogen-bond acceptors (Lipinski definition) is 12. The lowest BCUT2D eigenvalue weighted by atomic mass is 9.95. The second kappa shape index (κ2) is 16.3. The molecule has 0 aromatic heterocycles. The molecule has 0 unspecified atom stereocenters. The van der Waals surface area contributed by atoms with Gasteiger partial charge in [-0.15, -0.1) is 11.8 Å². The summed E-state index contributed by atoms with van der Waals surface area (Å²) in [6.07, 6.45) is 3.31. The number of thioether (sulfide) groups is 1. The zero-order valence-electron chi connectivity index (χ0n) is 31.1. The standard InChI is InChI=1S/C38H40ClN7O11S/c1-2-43-10-11-44(35(54)34(43)53)38(57)42-27(19-5-3-4-18(12-19)16-47)32(51)41-28-33(52)46-29(37(55)56)20(17-58-36(28)46)15-45-22-6-7-23(45)14-21(13-22)40-31(50)24-8-9-25(48)30(49)26(24)39/h3-5,8-9,12,16,21-23,27-28,36,48-49H,2,6-7,10-11,13-15,17H2,1H3,(H,40,50)(H,41,51)(H,42,57)(H,55,56)/t21-,22+,23-,27-,28-,36-/m1/s1. The van der Waals surface area contributed by atoms with Crippen molar-refractivity contribution >= 4 is 71.2 Å². The number of halogens is 1. The van der Waals surface area contributed by atoms with Crippen LogP contribution < -0.4 is 16.0 Å². The van der Waals surface area contributed by atoms with Crippen LogP contribution in [-0.2, 0) is 24.0 Å². The number of aldehydes is 1. The van der Waals surface area contributed by atoms with Crippen molar-refractivity contribution in [3.8, 4) is 11.5 Å². The maximum Gasteiger partial charge on any atom is 0.352 e. The minimum absolute atomic E-state index is 0.00549. The van der Waals surface area contributed by atoms with Gasteiger partial charge in [0, 0.05) is 55.6 Å². The third-order valence-corrected chi connectivity index (χ3v) is 13.0. The number of phenolic OH excluding ortho intramolecular Hbond substituents is 2. The topological polar surface area (TPSA) is 246 Å². The number of urea groups is 1. The molecule has 2 aromatic carbocycles. The van der Waals surface area contributed by atoms with Crippen molar-refractivity contribution in [3.05, 3.63) is 69.4 Å². The third-order valence-electron chi connectivity index (χ3n) is 11.3. The number of likely N-dealkylation sites (N-methyl/N-ethyl adjacent to an activating group) is 1. The number of piperidine rings is 1. The van der Waals surface area contributed by atoms with Crippen LogP contribution >= 0.6 is 23.4 Å². The molecule has 2 bridgehead atoms. The molecule has 4 fully saturated rings. The van der Waals surface area contributed by atoms with Gasteiger partial charge in [-0.1, -0.05) is 29.8 Å². The lowest BCUT2D eigenvalue weighted by molar-refractivity contribution is -0.153. The molecule has 20 heteroatoms. The van der Waals surface area contributed by atoms with Gasteiger partial charge in [-0.3, -0.25) is 43.5 Å². The van der Waals surface area contributed by atoms with Crippen molar-refractivity contribution in [2.45, 2.75) is 68.2 Å². The Bertz CT molecular complexity index is 2140. The fourth-order valence-electron chi connectivity index (χ4n) is 8.39. The highest BCUT2D eigenvalue weighted by molar-refractivity contribution is 8.00. The Hall–Kier alpha value is -5.66. The minimum Gasteiger partial charge on any atom is -0.504 e. The molecule has 0 saturated carbocycles. The molecule has 18 nitrogen and oxygen atoms in total. The van der Waals surface area contributed by atoms with Gasteiger partial charge in [0.1, 0.15) is 29.4 Å². The molecule has 0 spiro atoms. The average Bonchev–Trinajstić information content (AvgIpc) is 3.43. The number of aliphatic carboxylic acids is 1. The number of aromatic hydroxyl groups is 2. The molecule has 6 atom stereocenters. The highest BCUT2D eigenvalue weighted by Gasteiger charge is 2.55. The Kier molecular flexibility index (Phi) is 11.4. The Balaban J connectivity index is 1.03. The summed E-state index contributed by atoms with van der Waals surface area (Å²) < 4.78 is 0. The van der Waals surface area contributed by atoms with E-state index in [9.17, 15) is 53.7 Å². The van der Waals surface area contributed by atoms with E-state index < -0.39 is 70.5 Å². The van der Waals surface area contributed by atoms with Crippen LogP contribution in [0.25, 0.3) is 0 Å². The third kappa shape index (κ3) is 7.44. The monoisotopic (exact) mass is 837 g/mol. The minimum atomic E-state index is -1.51. The summed E-state index contributed by atoms with van der Waals surface area (Å²) in [6, 6.07) is 4.40. The number of piperazine rings is 1. The maximum atomic E-state index is 13.9. The van der Waals surface area contributed by atoms with Gasteiger partial charge in [0.2, 0.25) is 5.91 Å². The molecule has 5 heterocycles. The Morgan fingerprint density at radius 3 is 2.40 bits per heavy atom. The normalized spacial score (nSPS) is 24.8. The number of nitrogens with zero attached hydrogens (tertiary/aromatic N) is 4. The van der Waals surface area contributed by atoms with Crippen molar-refractivity contribution in [2.75, 3.05) is 31.9 Å². The van der Waals surface area contributed by atoms with Crippen LogP contribution in [0.4, 0.5) is 4.79 Å². The van der Waals surface area contributed by atoms with Crippen molar-refractivity contribution in [2.24, 2.45) is 0 Å². The lowest BCUT2D eigenvalue weighted by Crippen LogP contribution is -2.71. The Labute approximate surface area is 340 Å². The molecule has 5 aliphatic heterocycles. The van der Waals surface area contributed by atoms with Gasteiger partial charge in [-0.05, 0) is 61.9 Å². The van der Waals surface area contributed by atoms with E-state index in [4.69, 9.17) is 11.6 Å². The van der Waals surface area contributed by atoms with E-state index in [0.29, 0.717) is 29.6 Å². The molecule has 7 amide bonds. The van der Waals surface area contributed by atoms with E-state index in [1.807, 2.05) is 0 Å². The number of imide groups is 1. The molecule has 6 N–H and O–H groups in total. The summed E-state index contributed by atoms with van der Waals surface area (Å²) in [5, 5.41) is 37.1. The van der Waals surface area contributed by atoms with E-state index in [1.165, 1.54) is 53.1 Å². The number of β-lactam (4-membered cyclic amide) rings is 1. The van der Waals surface area contributed by atoms with Crippen molar-refractivity contribution in [3.63, 3.8) is 0 Å². The van der Waals surface area contributed by atoms with Crippen molar-refractivity contribution < 1.29 is 53.7 Å². The fraction of sp³-hybridized carbons (Fsp3) is 0.421. The lowest BCUT2D eigenvalue weighted by Gasteiger charge is -2.50. The first kappa shape index (κ1) is 40.5. The maximum absolute atomic E-state index is 13.9. The number of carbonyl (C=O) groups is 8. The largest absolute Gasteiger partial charge is 0.504 e. The van der Waals surface area contributed by atoms with E-state index in [0.717, 1.165) is 17.7 Å². The summed E-state index contributed by atoms with van der Waals surface area (Å²) in [5.41, 5.74) is 0.723. The number of rotatable bonds is 11. The van der Waals surface area contributed by atoms with Crippen LogP contribution in [-0.4, -0.2) is 144 Å². The van der Waals surface area contributed by atoms with Gasteiger partial charge >= 0.3 is 23.8 Å². The predicted molar refractivity (Wildman–Crippen MR) is 206 cm³/mol. The first-order valence-electron chi connectivity index (χ1n) is 18.7. The first-order valence-corrected chi connectivity index (χ1v) is 20.1. The molecule has 0 aliphatic carbocycles. The molecule has 0 radical (unpaired) electrons. The molecular weight excluding hydrogens is 798 g/mol. The van der Waals surface area contributed by atoms with Crippen molar-refractivity contribution in [1.29, 1.82) is 0 Å². The summed E-state index contributed by atoms with van der Waals surface area (Å²) in [5.74, 6) is -6.07. The van der Waals surface area contributed by atoms with Gasteiger partial charge in [-0.25, -0.2) is 9.59 Å². The number of nitrogens with one attached hydrogen (secondary N) is 3. The quantitative estimate of drug-likeness (QED) is 0.0807. The van der Waals surface area contributed by atoms with E-state index in [1.54, 1.807) is 6.92 Å². The van der Waals surface area contributed by atoms with Crippen LogP contribution in [0.15, 0.2) is 47.7 Å². The van der Waals surface area contributed by atoms with Gasteiger partial charge in [0.05, 0.1) is 10.6 Å². The number of amides is 7. The molecule has 5 aliphatic rings. The van der Waals surface area contributed by atoms with Gasteiger partial charge < -0.3 is 36.2 Å². The molecule has 4 saturated heterocycles. The Morgan fingerprint density at radius 1 is 1.00 bits per heavy atom. The zero-order valence-corrected chi connectivity index (χ0v) is 32.6. The number of hydrogen-bond donors (Lipinski definition) is 6. The highest BCUT2D eigenvalue weighted by Crippen LogP contribution is 2.43. The van der Waals surface area contributed by atoms with Crippen molar-refractivity contribution in [1.82, 2.24) is 35.6 Å². The summed E-state index contributed by atoms with van der Waals surface area (Å²) in [6.45, 7) is 2.21. The number of benzene rings is 2. The second-order valence-electron chi connectivity index (χ2n) is 14.7. The predicted octanol–water partition coefficient (Wildman–Crippen LogP) is 1.17. The van der Waals surface area contributed by atoms with Gasteiger partial charge in [-0.2, -0.15) is 0 Å². The van der Waals surface area contributed by atoms with Gasteiger partial charge in [0.25, 0.3) is 11.8 Å². The first-order chi connectivity index (χ1) is 27.7. The SMILES string of the molecule is CCN1CCN(C(=O)N[C@@H](C(=O)N[C@@H]2C(=O)N3C(C(=O)O)=C(CN4[C@@H]5CC[C@H]4C[C@@H](NC(=O)c4ccc(O)c(O)c4Cl)C5)CS[C@H]23)c2cccc(C=O)c2)C(=O)C1=O. The number of carboxylic acids is 1. The molecule has 7 rings (SSSR count). The molecule has 58 heavy (non-hydrogen) atoms. The molecule has 2 aromatic rings. The second-order valence-corrected chi connectivity index (χ2v) is 16.1. The van der Waals surface area contributed by atoms with Crippen LogP contribution in [0.1, 0.15) is 64.9 Å². The summed E-state index contributed by atoms with van der Waals surface area (Å²) >= 11 is 7.38. The van der Waals surface area contributed by atoms with E-state index in [2.05, 4.69) is 20.9 Å². The fourth-order valence-corrected chi connectivity index (χ4v) is 9.97. The number of phenols is 2. The molecule has 306 valence electrons. The highest BCUT2D eigenvalue weighted by atomic mass is 35.5. The van der Waals surface area contributed by atoms with Crippen LogP contribution in [0.2, 0.25) is 5.02 Å². The summed E-state index contributed by atoms with van der Waals surface area (Å²) in [4.78, 5) is 109. The van der Waals surface area contributed by atoms with Crippen LogP contribution in [0, 0.1) is 0 Å². The van der Waals surface area contributed by atoms with E-state index in [-0.39, 0.29) is 77.5 Å².